The van der Waals surface area contributed by atoms with Gasteiger partial charge in [-0.15, -0.1) is 0 Å². The van der Waals surface area contributed by atoms with Gasteiger partial charge in [0.2, 0.25) is 10.0 Å². The van der Waals surface area contributed by atoms with Gasteiger partial charge in [0.15, 0.2) is 6.10 Å². The zero-order chi connectivity index (χ0) is 17.7. The minimum Gasteiger partial charge on any atom is -0.481 e. The number of ether oxygens (including phenoxy) is 2. The standard InChI is InChI=1S/C16H24N2O5S/c1-4-15(16(19)18-9-11-22-12-10-18)23-14-7-5-13(6-8-14)17(2)24(3,20)21/h5-8,15H,4,9-12H2,1-3H3/t15-/m0/s1. The van der Waals surface area contributed by atoms with E-state index < -0.39 is 16.1 Å². The number of benzene rings is 1. The summed E-state index contributed by atoms with van der Waals surface area (Å²) in [6.45, 7) is 4.16. The van der Waals surface area contributed by atoms with Crippen LogP contribution in [0, 0.1) is 0 Å². The summed E-state index contributed by atoms with van der Waals surface area (Å²) in [6, 6.07) is 6.66. The van der Waals surface area contributed by atoms with Crippen molar-refractivity contribution in [2.75, 3.05) is 43.9 Å². The molecule has 0 radical (unpaired) electrons. The van der Waals surface area contributed by atoms with Gasteiger partial charge in [0.25, 0.3) is 5.91 Å². The van der Waals surface area contributed by atoms with E-state index >= 15 is 0 Å². The average Bonchev–Trinajstić information content (AvgIpc) is 2.59. The van der Waals surface area contributed by atoms with Crippen LogP contribution in [0.15, 0.2) is 24.3 Å². The number of anilines is 1. The van der Waals surface area contributed by atoms with Crippen LogP contribution >= 0.6 is 0 Å². The molecule has 1 atom stereocenters. The Labute approximate surface area is 143 Å². The molecule has 0 N–H and O–H groups in total. The van der Waals surface area contributed by atoms with E-state index in [4.69, 9.17) is 9.47 Å². The minimum atomic E-state index is -3.30. The van der Waals surface area contributed by atoms with E-state index in [-0.39, 0.29) is 5.91 Å². The third-order valence-corrected chi connectivity index (χ3v) is 5.15. The fourth-order valence-corrected chi connectivity index (χ4v) is 2.89. The second-order valence-corrected chi connectivity index (χ2v) is 7.69. The summed E-state index contributed by atoms with van der Waals surface area (Å²) >= 11 is 0. The lowest BCUT2D eigenvalue weighted by Crippen LogP contribution is -2.47. The summed E-state index contributed by atoms with van der Waals surface area (Å²) in [7, 11) is -1.82. The molecule has 0 saturated carbocycles. The Morgan fingerprint density at radius 3 is 2.38 bits per heavy atom. The van der Waals surface area contributed by atoms with Crippen molar-refractivity contribution in [3.8, 4) is 5.75 Å². The van der Waals surface area contributed by atoms with Crippen molar-refractivity contribution >= 4 is 21.6 Å². The fraction of sp³-hybridized carbons (Fsp3) is 0.562. The zero-order valence-electron chi connectivity index (χ0n) is 14.3. The third kappa shape index (κ3) is 4.61. The quantitative estimate of drug-likeness (QED) is 0.763. The number of sulfonamides is 1. The first kappa shape index (κ1) is 18.5. The predicted octanol–water partition coefficient (Wildman–Crippen LogP) is 1.10. The zero-order valence-corrected chi connectivity index (χ0v) is 15.1. The second-order valence-electron chi connectivity index (χ2n) is 5.68. The maximum atomic E-state index is 12.5. The highest BCUT2D eigenvalue weighted by molar-refractivity contribution is 7.92. The number of nitrogens with zero attached hydrogens (tertiary/aromatic N) is 2. The van der Waals surface area contributed by atoms with Gasteiger partial charge >= 0.3 is 0 Å². The van der Waals surface area contributed by atoms with Gasteiger partial charge in [0, 0.05) is 20.1 Å². The van der Waals surface area contributed by atoms with E-state index in [2.05, 4.69) is 0 Å². The van der Waals surface area contributed by atoms with Crippen molar-refractivity contribution in [2.45, 2.75) is 19.4 Å². The van der Waals surface area contributed by atoms with Crippen LogP contribution in [0.2, 0.25) is 0 Å². The van der Waals surface area contributed by atoms with Crippen LogP contribution in [0.5, 0.6) is 5.75 Å². The monoisotopic (exact) mass is 356 g/mol. The molecule has 8 heteroatoms. The molecule has 0 aromatic heterocycles. The van der Waals surface area contributed by atoms with E-state index in [0.29, 0.717) is 44.2 Å². The molecule has 2 rings (SSSR count). The van der Waals surface area contributed by atoms with Gasteiger partial charge < -0.3 is 14.4 Å². The molecular weight excluding hydrogens is 332 g/mol. The minimum absolute atomic E-state index is 0.0434. The van der Waals surface area contributed by atoms with E-state index in [0.717, 1.165) is 6.26 Å². The van der Waals surface area contributed by atoms with E-state index in [1.807, 2.05) is 6.92 Å². The summed E-state index contributed by atoms with van der Waals surface area (Å²) < 4.78 is 35.3. The number of hydrogen-bond donors (Lipinski definition) is 0. The SMILES string of the molecule is CC[C@H](Oc1ccc(N(C)S(C)(=O)=O)cc1)C(=O)N1CCOCC1. The van der Waals surface area contributed by atoms with Gasteiger partial charge in [-0.2, -0.15) is 0 Å². The highest BCUT2D eigenvalue weighted by Crippen LogP contribution is 2.22. The highest BCUT2D eigenvalue weighted by atomic mass is 32.2. The Morgan fingerprint density at radius 1 is 1.29 bits per heavy atom. The molecule has 24 heavy (non-hydrogen) atoms. The average molecular weight is 356 g/mol. The predicted molar refractivity (Wildman–Crippen MR) is 91.8 cm³/mol. The van der Waals surface area contributed by atoms with Crippen molar-refractivity contribution in [3.63, 3.8) is 0 Å². The van der Waals surface area contributed by atoms with E-state index in [1.54, 1.807) is 29.2 Å². The van der Waals surface area contributed by atoms with Crippen LogP contribution in [-0.2, 0) is 19.6 Å². The van der Waals surface area contributed by atoms with Gasteiger partial charge in [0.05, 0.1) is 25.2 Å². The van der Waals surface area contributed by atoms with Crippen LogP contribution < -0.4 is 9.04 Å². The molecule has 0 aliphatic carbocycles. The van der Waals surface area contributed by atoms with Crippen molar-refractivity contribution in [3.05, 3.63) is 24.3 Å². The molecule has 1 saturated heterocycles. The van der Waals surface area contributed by atoms with Gasteiger partial charge in [-0.3, -0.25) is 9.10 Å². The summed E-state index contributed by atoms with van der Waals surface area (Å²) in [5, 5.41) is 0. The summed E-state index contributed by atoms with van der Waals surface area (Å²) in [6.07, 6.45) is 1.15. The van der Waals surface area contributed by atoms with Gasteiger partial charge in [-0.25, -0.2) is 8.42 Å². The van der Waals surface area contributed by atoms with Crippen LogP contribution in [0.4, 0.5) is 5.69 Å². The maximum Gasteiger partial charge on any atom is 0.263 e. The fourth-order valence-electron chi connectivity index (χ4n) is 2.39. The molecule has 1 heterocycles. The molecule has 0 unspecified atom stereocenters. The van der Waals surface area contributed by atoms with Crippen LogP contribution in [0.1, 0.15) is 13.3 Å². The molecule has 0 spiro atoms. The number of morpholine rings is 1. The maximum absolute atomic E-state index is 12.5. The van der Waals surface area contributed by atoms with Crippen molar-refractivity contribution in [2.24, 2.45) is 0 Å². The molecule has 1 fully saturated rings. The first-order valence-corrected chi connectivity index (χ1v) is 9.75. The third-order valence-electron chi connectivity index (χ3n) is 3.95. The number of rotatable bonds is 6. The number of hydrogen-bond acceptors (Lipinski definition) is 5. The summed E-state index contributed by atoms with van der Waals surface area (Å²) in [4.78, 5) is 14.3. The summed E-state index contributed by atoms with van der Waals surface area (Å²) in [5.74, 6) is 0.493. The van der Waals surface area contributed by atoms with E-state index in [9.17, 15) is 13.2 Å². The largest absolute Gasteiger partial charge is 0.481 e. The van der Waals surface area contributed by atoms with Gasteiger partial charge in [-0.05, 0) is 30.7 Å². The molecule has 1 aromatic carbocycles. The van der Waals surface area contributed by atoms with Gasteiger partial charge in [-0.1, -0.05) is 6.92 Å². The van der Waals surface area contributed by atoms with Gasteiger partial charge in [0.1, 0.15) is 5.75 Å². The van der Waals surface area contributed by atoms with Crippen LogP contribution in [-0.4, -0.2) is 64.9 Å². The number of carbonyl (C=O) groups excluding carboxylic acids is 1. The first-order valence-electron chi connectivity index (χ1n) is 7.90. The highest BCUT2D eigenvalue weighted by Gasteiger charge is 2.26. The van der Waals surface area contributed by atoms with Crippen LogP contribution in [0.25, 0.3) is 0 Å². The first-order chi connectivity index (χ1) is 11.3. The molecule has 1 amide bonds. The van der Waals surface area contributed by atoms with Crippen LogP contribution in [0.3, 0.4) is 0 Å². The van der Waals surface area contributed by atoms with Crippen molar-refractivity contribution in [1.82, 2.24) is 4.90 Å². The number of amides is 1. The molecule has 1 aliphatic heterocycles. The molecule has 1 aliphatic rings. The Balaban J connectivity index is 2.04. The topological polar surface area (TPSA) is 76.2 Å². The Morgan fingerprint density at radius 2 is 1.88 bits per heavy atom. The molecule has 134 valence electrons. The normalized spacial score (nSPS) is 16.5. The molecule has 7 nitrogen and oxygen atoms in total. The molecule has 0 bridgehead atoms. The second kappa shape index (κ2) is 7.85. The Bertz CT molecular complexity index is 654. The number of carbonyl (C=O) groups is 1. The smallest absolute Gasteiger partial charge is 0.263 e. The van der Waals surface area contributed by atoms with Crippen molar-refractivity contribution < 1.29 is 22.7 Å². The molecule has 1 aromatic rings. The Kier molecular flexibility index (Phi) is 6.06. The van der Waals surface area contributed by atoms with Crippen molar-refractivity contribution in [1.29, 1.82) is 0 Å². The van der Waals surface area contributed by atoms with E-state index in [1.165, 1.54) is 11.4 Å². The lowest BCUT2D eigenvalue weighted by Gasteiger charge is -2.30. The lowest BCUT2D eigenvalue weighted by atomic mass is 10.2. The Hall–Kier alpha value is -1.80. The lowest BCUT2D eigenvalue weighted by molar-refractivity contribution is -0.142. The molecular formula is C16H24N2O5S. The summed E-state index contributed by atoms with van der Waals surface area (Å²) in [5.41, 5.74) is 0.539.